The molecule has 0 saturated heterocycles. The highest BCUT2D eigenvalue weighted by molar-refractivity contribution is 7.18. The summed E-state index contributed by atoms with van der Waals surface area (Å²) in [5.74, 6) is 0.878. The van der Waals surface area contributed by atoms with E-state index in [1.165, 1.54) is 4.70 Å². The molecule has 15 heavy (non-hydrogen) atoms. The van der Waals surface area contributed by atoms with Crippen LogP contribution < -0.4 is 4.74 Å². The van der Waals surface area contributed by atoms with E-state index >= 15 is 0 Å². The Bertz CT molecular complexity index is 453. The van der Waals surface area contributed by atoms with E-state index in [-0.39, 0.29) is 0 Å². The average Bonchev–Trinajstić information content (AvgIpc) is 2.57. The minimum Gasteiger partial charge on any atom is -0.491 e. The molecule has 0 amide bonds. The minimum absolute atomic E-state index is 0.583. The van der Waals surface area contributed by atoms with Crippen molar-refractivity contribution >= 4 is 21.6 Å². The van der Waals surface area contributed by atoms with Gasteiger partial charge in [0.2, 0.25) is 0 Å². The summed E-state index contributed by atoms with van der Waals surface area (Å²) in [6, 6.07) is 5.95. The number of aryl methyl sites for hydroxylation is 1. The van der Waals surface area contributed by atoms with Gasteiger partial charge in [-0.2, -0.15) is 0 Å². The van der Waals surface area contributed by atoms with Crippen molar-refractivity contribution in [2.75, 3.05) is 20.3 Å². The van der Waals surface area contributed by atoms with Gasteiger partial charge in [0.25, 0.3) is 0 Å². The Balaban J connectivity index is 2.15. The molecule has 2 aromatic rings. The fourth-order valence-corrected chi connectivity index (χ4v) is 2.21. The first-order valence-electron chi connectivity index (χ1n) is 4.78. The van der Waals surface area contributed by atoms with Crippen LogP contribution in [-0.2, 0) is 4.74 Å². The topological polar surface area (TPSA) is 31.4 Å². The number of ether oxygens (including phenoxy) is 2. The monoisotopic (exact) mass is 223 g/mol. The van der Waals surface area contributed by atoms with Gasteiger partial charge in [-0.1, -0.05) is 0 Å². The summed E-state index contributed by atoms with van der Waals surface area (Å²) in [4.78, 5) is 4.39. The van der Waals surface area contributed by atoms with Gasteiger partial charge in [0.15, 0.2) is 0 Å². The predicted octanol–water partition coefficient (Wildman–Crippen LogP) is 2.63. The quantitative estimate of drug-likeness (QED) is 0.747. The predicted molar refractivity (Wildman–Crippen MR) is 61.7 cm³/mol. The van der Waals surface area contributed by atoms with Gasteiger partial charge in [-0.25, -0.2) is 4.98 Å². The molecule has 0 aliphatic heterocycles. The lowest BCUT2D eigenvalue weighted by atomic mass is 10.3. The van der Waals surface area contributed by atoms with Crippen LogP contribution in [0.4, 0.5) is 0 Å². The maximum Gasteiger partial charge on any atom is 0.120 e. The maximum absolute atomic E-state index is 5.52. The molecule has 0 aliphatic rings. The van der Waals surface area contributed by atoms with Crippen molar-refractivity contribution in [2.45, 2.75) is 6.92 Å². The molecule has 0 unspecified atom stereocenters. The van der Waals surface area contributed by atoms with Crippen molar-refractivity contribution in [2.24, 2.45) is 0 Å². The van der Waals surface area contributed by atoms with Gasteiger partial charge in [-0.15, -0.1) is 11.3 Å². The minimum atomic E-state index is 0.583. The Hall–Kier alpha value is -1.13. The van der Waals surface area contributed by atoms with E-state index in [1.54, 1.807) is 18.4 Å². The van der Waals surface area contributed by atoms with Gasteiger partial charge in [0.1, 0.15) is 12.4 Å². The van der Waals surface area contributed by atoms with E-state index in [0.29, 0.717) is 13.2 Å². The Morgan fingerprint density at radius 1 is 1.33 bits per heavy atom. The molecule has 1 aromatic carbocycles. The molecule has 0 saturated carbocycles. The molecule has 0 N–H and O–H groups in total. The zero-order valence-electron chi connectivity index (χ0n) is 8.82. The summed E-state index contributed by atoms with van der Waals surface area (Å²) in [5, 5.41) is 1.08. The lowest BCUT2D eigenvalue weighted by molar-refractivity contribution is 0.146. The fourth-order valence-electron chi connectivity index (χ4n) is 1.35. The molecule has 1 heterocycles. The van der Waals surface area contributed by atoms with Crippen LogP contribution in [0.2, 0.25) is 0 Å². The van der Waals surface area contributed by atoms with Crippen LogP contribution in [0.25, 0.3) is 10.2 Å². The molecular weight excluding hydrogens is 210 g/mol. The van der Waals surface area contributed by atoms with Crippen molar-refractivity contribution in [1.29, 1.82) is 0 Å². The number of nitrogens with zero attached hydrogens (tertiary/aromatic N) is 1. The molecule has 1 aromatic heterocycles. The Morgan fingerprint density at radius 2 is 2.20 bits per heavy atom. The lowest BCUT2D eigenvalue weighted by Gasteiger charge is -2.04. The third-order valence-electron chi connectivity index (χ3n) is 2.02. The zero-order valence-corrected chi connectivity index (χ0v) is 9.63. The second-order valence-corrected chi connectivity index (χ2v) is 4.44. The Kier molecular flexibility index (Phi) is 3.18. The van der Waals surface area contributed by atoms with E-state index < -0.39 is 0 Å². The molecule has 3 nitrogen and oxygen atoms in total. The normalized spacial score (nSPS) is 10.8. The van der Waals surface area contributed by atoms with Crippen LogP contribution in [-0.4, -0.2) is 25.3 Å². The second-order valence-electron chi connectivity index (χ2n) is 3.20. The van der Waals surface area contributed by atoms with Crippen LogP contribution in [0.3, 0.4) is 0 Å². The summed E-state index contributed by atoms with van der Waals surface area (Å²) >= 11 is 1.68. The van der Waals surface area contributed by atoms with E-state index in [9.17, 15) is 0 Å². The highest BCUT2D eigenvalue weighted by Gasteiger charge is 2.01. The van der Waals surface area contributed by atoms with Crippen molar-refractivity contribution in [3.8, 4) is 5.75 Å². The molecule has 2 rings (SSSR count). The Labute approximate surface area is 92.7 Å². The summed E-state index contributed by atoms with van der Waals surface area (Å²) in [6.45, 7) is 3.20. The van der Waals surface area contributed by atoms with Crippen LogP contribution in [0.5, 0.6) is 5.75 Å². The van der Waals surface area contributed by atoms with Crippen LogP contribution in [0, 0.1) is 6.92 Å². The van der Waals surface area contributed by atoms with E-state index in [0.717, 1.165) is 16.3 Å². The molecule has 0 bridgehead atoms. The van der Waals surface area contributed by atoms with Crippen LogP contribution in [0.1, 0.15) is 5.01 Å². The maximum atomic E-state index is 5.52. The molecular formula is C11H13NO2S. The van der Waals surface area contributed by atoms with Crippen molar-refractivity contribution in [3.63, 3.8) is 0 Å². The number of thiazole rings is 1. The summed E-state index contributed by atoms with van der Waals surface area (Å²) < 4.78 is 11.6. The molecule has 0 atom stereocenters. The first-order chi connectivity index (χ1) is 7.29. The number of hydrogen-bond acceptors (Lipinski definition) is 4. The average molecular weight is 223 g/mol. The highest BCUT2D eigenvalue weighted by Crippen LogP contribution is 2.25. The summed E-state index contributed by atoms with van der Waals surface area (Å²) in [6.07, 6.45) is 0. The first kappa shape index (κ1) is 10.4. The molecule has 80 valence electrons. The number of methoxy groups -OCH3 is 1. The Morgan fingerprint density at radius 3 is 3.00 bits per heavy atom. The third kappa shape index (κ3) is 2.46. The standard InChI is InChI=1S/C11H13NO2S/c1-8-12-10-4-3-9(7-11(10)15-8)14-6-5-13-2/h3-4,7H,5-6H2,1-2H3. The summed E-state index contributed by atoms with van der Waals surface area (Å²) in [5.41, 5.74) is 1.04. The van der Waals surface area contributed by atoms with Crippen molar-refractivity contribution in [3.05, 3.63) is 23.2 Å². The van der Waals surface area contributed by atoms with Gasteiger partial charge < -0.3 is 9.47 Å². The smallest absolute Gasteiger partial charge is 0.120 e. The van der Waals surface area contributed by atoms with Crippen LogP contribution >= 0.6 is 11.3 Å². The fraction of sp³-hybridized carbons (Fsp3) is 0.364. The largest absolute Gasteiger partial charge is 0.491 e. The number of hydrogen-bond donors (Lipinski definition) is 0. The molecule has 0 fully saturated rings. The molecule has 0 spiro atoms. The summed E-state index contributed by atoms with van der Waals surface area (Å²) in [7, 11) is 1.67. The third-order valence-corrected chi connectivity index (χ3v) is 2.96. The molecule has 0 radical (unpaired) electrons. The van der Waals surface area contributed by atoms with Gasteiger partial charge >= 0.3 is 0 Å². The van der Waals surface area contributed by atoms with E-state index in [4.69, 9.17) is 9.47 Å². The lowest BCUT2D eigenvalue weighted by Crippen LogP contribution is -2.03. The van der Waals surface area contributed by atoms with Gasteiger partial charge in [0, 0.05) is 7.11 Å². The first-order valence-corrected chi connectivity index (χ1v) is 5.60. The van der Waals surface area contributed by atoms with E-state index in [2.05, 4.69) is 4.98 Å². The SMILES string of the molecule is COCCOc1ccc2nc(C)sc2c1. The van der Waals surface area contributed by atoms with Gasteiger partial charge in [-0.05, 0) is 25.1 Å². The molecule has 0 aliphatic carbocycles. The number of rotatable bonds is 4. The van der Waals surface area contributed by atoms with Gasteiger partial charge in [0.05, 0.1) is 21.8 Å². The van der Waals surface area contributed by atoms with Crippen LogP contribution in [0.15, 0.2) is 18.2 Å². The number of fused-ring (bicyclic) bond motifs is 1. The number of benzene rings is 1. The zero-order chi connectivity index (χ0) is 10.7. The van der Waals surface area contributed by atoms with Crippen molar-refractivity contribution in [1.82, 2.24) is 4.98 Å². The number of aromatic nitrogens is 1. The van der Waals surface area contributed by atoms with Gasteiger partial charge in [-0.3, -0.25) is 0 Å². The van der Waals surface area contributed by atoms with Crippen molar-refractivity contribution < 1.29 is 9.47 Å². The molecule has 4 heteroatoms. The van der Waals surface area contributed by atoms with E-state index in [1.807, 2.05) is 25.1 Å². The highest BCUT2D eigenvalue weighted by atomic mass is 32.1. The second kappa shape index (κ2) is 4.59.